The molecule has 0 unspecified atom stereocenters. The molecule has 4 N–H and O–H groups in total. The van der Waals surface area contributed by atoms with E-state index in [1.807, 2.05) is 0 Å². The lowest BCUT2D eigenvalue weighted by Crippen LogP contribution is -2.69. The van der Waals surface area contributed by atoms with E-state index in [-0.39, 0.29) is 23.6 Å². The molecule has 11 heteroatoms. The van der Waals surface area contributed by atoms with Gasteiger partial charge in [0.15, 0.2) is 0 Å². The molecule has 2 amide bonds. The van der Waals surface area contributed by atoms with Crippen LogP contribution in [0.2, 0.25) is 0 Å². The minimum absolute atomic E-state index is 0.0802. The summed E-state index contributed by atoms with van der Waals surface area (Å²) in [5.74, 6) is -3.63. The molecule has 0 saturated heterocycles. The molecular formula is C17H22F3N3O4S. The Labute approximate surface area is 163 Å². The molecule has 0 bridgehead atoms. The van der Waals surface area contributed by atoms with Gasteiger partial charge in [-0.15, -0.1) is 11.3 Å². The Morgan fingerprint density at radius 3 is 2.36 bits per heavy atom. The number of alkyl halides is 3. The minimum Gasteiger partial charge on any atom is -0.463 e. The number of fused-ring (bicyclic) bond motifs is 1. The number of nitrogens with one attached hydrogen (secondary N) is 2. The van der Waals surface area contributed by atoms with Crippen molar-refractivity contribution in [2.75, 3.05) is 11.9 Å². The van der Waals surface area contributed by atoms with Gasteiger partial charge in [-0.25, -0.2) is 4.79 Å². The number of rotatable bonds is 7. The number of nitrogens with two attached hydrogens (primary N) is 1. The molecule has 28 heavy (non-hydrogen) atoms. The average Bonchev–Trinajstić information content (AvgIpc) is 2.97. The van der Waals surface area contributed by atoms with Crippen LogP contribution in [0.15, 0.2) is 0 Å². The zero-order valence-corrected chi connectivity index (χ0v) is 16.3. The summed E-state index contributed by atoms with van der Waals surface area (Å²) < 4.78 is 46.8. The third-order valence-corrected chi connectivity index (χ3v) is 5.58. The summed E-state index contributed by atoms with van der Waals surface area (Å²) in [4.78, 5) is 36.9. The molecule has 0 radical (unpaired) electrons. The van der Waals surface area contributed by atoms with Crippen molar-refractivity contribution in [1.82, 2.24) is 5.32 Å². The van der Waals surface area contributed by atoms with E-state index in [1.54, 1.807) is 5.32 Å². The predicted octanol–water partition coefficient (Wildman–Crippen LogP) is 2.49. The van der Waals surface area contributed by atoms with Crippen molar-refractivity contribution in [2.45, 2.75) is 57.8 Å². The third kappa shape index (κ3) is 4.08. The summed E-state index contributed by atoms with van der Waals surface area (Å²) >= 11 is 0.932. The highest BCUT2D eigenvalue weighted by atomic mass is 32.1. The fourth-order valence-corrected chi connectivity index (χ4v) is 4.36. The largest absolute Gasteiger partial charge is 0.463 e. The van der Waals surface area contributed by atoms with Gasteiger partial charge in [0.05, 0.1) is 12.2 Å². The Kier molecular flexibility index (Phi) is 6.58. The second kappa shape index (κ2) is 8.38. The van der Waals surface area contributed by atoms with Crippen molar-refractivity contribution in [2.24, 2.45) is 5.73 Å². The maximum Gasteiger partial charge on any atom is 0.441 e. The van der Waals surface area contributed by atoms with Crippen LogP contribution in [-0.4, -0.2) is 36.2 Å². The van der Waals surface area contributed by atoms with E-state index in [0.717, 1.165) is 29.1 Å². The molecular weight excluding hydrogens is 399 g/mol. The first-order valence-electron chi connectivity index (χ1n) is 8.84. The van der Waals surface area contributed by atoms with E-state index < -0.39 is 29.6 Å². The molecule has 1 aromatic rings. The Morgan fingerprint density at radius 2 is 1.82 bits per heavy atom. The first-order chi connectivity index (χ1) is 13.1. The molecule has 0 aromatic carbocycles. The number of thiophene rings is 1. The number of esters is 1. The molecule has 0 aliphatic heterocycles. The maximum atomic E-state index is 14.1. The van der Waals surface area contributed by atoms with E-state index >= 15 is 0 Å². The average molecular weight is 421 g/mol. The number of hydrogen-bond acceptors (Lipinski definition) is 6. The van der Waals surface area contributed by atoms with Crippen LogP contribution < -0.4 is 16.4 Å². The first kappa shape index (κ1) is 22.0. The Morgan fingerprint density at radius 1 is 1.18 bits per heavy atom. The van der Waals surface area contributed by atoms with Crippen molar-refractivity contribution in [3.05, 3.63) is 16.0 Å². The maximum absolute atomic E-state index is 14.1. The van der Waals surface area contributed by atoms with E-state index in [1.165, 1.54) is 13.8 Å². The smallest absolute Gasteiger partial charge is 0.441 e. The van der Waals surface area contributed by atoms with Crippen LogP contribution in [0.4, 0.5) is 18.2 Å². The van der Waals surface area contributed by atoms with Gasteiger partial charge in [0, 0.05) is 11.3 Å². The molecule has 0 spiro atoms. The molecule has 2 rings (SSSR count). The van der Waals surface area contributed by atoms with Gasteiger partial charge in [0.25, 0.3) is 5.91 Å². The van der Waals surface area contributed by atoms with Crippen LogP contribution >= 0.6 is 11.3 Å². The Hall–Kier alpha value is -2.30. The molecule has 1 aromatic heterocycles. The van der Waals surface area contributed by atoms with Gasteiger partial charge in [-0.1, -0.05) is 6.92 Å². The molecule has 1 aliphatic rings. The van der Waals surface area contributed by atoms with Crippen molar-refractivity contribution in [3.8, 4) is 0 Å². The third-order valence-electron chi connectivity index (χ3n) is 4.37. The van der Waals surface area contributed by atoms with Crippen molar-refractivity contribution >= 4 is 34.1 Å². The fraction of sp³-hybridized carbons (Fsp3) is 0.588. The number of primary amides is 1. The van der Waals surface area contributed by atoms with Crippen molar-refractivity contribution in [3.63, 3.8) is 0 Å². The zero-order chi connectivity index (χ0) is 21.1. The Bertz CT molecular complexity index is 778. The van der Waals surface area contributed by atoms with Crippen LogP contribution in [-0.2, 0) is 27.2 Å². The van der Waals surface area contributed by atoms with Gasteiger partial charge in [0.1, 0.15) is 5.00 Å². The molecule has 1 atom stereocenters. The Balaban J connectivity index is 2.62. The zero-order valence-electron chi connectivity index (χ0n) is 15.5. The molecule has 156 valence electrons. The van der Waals surface area contributed by atoms with E-state index in [4.69, 9.17) is 5.73 Å². The number of amides is 2. The standard InChI is InChI=1S/C17H22F3N3O4S/c1-3-11(24)22-16(17(18,19)20,15(26)27-4-2)23-14-12(13(21)25)9-7-5-6-8-10(9)28-14/h23H,3-8H2,1-2H3,(H2,21,25)(H,22,24)/t16-/m1/s1. The first-order valence-corrected chi connectivity index (χ1v) is 9.66. The summed E-state index contributed by atoms with van der Waals surface area (Å²) in [6.45, 7) is 2.36. The number of aryl methyl sites for hydroxylation is 1. The predicted molar refractivity (Wildman–Crippen MR) is 97.0 cm³/mol. The van der Waals surface area contributed by atoms with Gasteiger partial charge < -0.3 is 21.1 Å². The summed E-state index contributed by atoms with van der Waals surface area (Å²) in [5.41, 5.74) is 2.39. The number of carbonyl (C=O) groups is 3. The van der Waals surface area contributed by atoms with E-state index in [2.05, 4.69) is 10.1 Å². The second-order valence-corrected chi connectivity index (χ2v) is 7.38. The van der Waals surface area contributed by atoms with Crippen molar-refractivity contribution < 1.29 is 32.3 Å². The highest BCUT2D eigenvalue weighted by Gasteiger charge is 2.64. The fourth-order valence-electron chi connectivity index (χ4n) is 3.01. The number of carbonyl (C=O) groups excluding carboxylic acids is 3. The molecule has 0 fully saturated rings. The van der Waals surface area contributed by atoms with Gasteiger partial charge >= 0.3 is 17.8 Å². The van der Waals surface area contributed by atoms with Gasteiger partial charge in [-0.05, 0) is 38.2 Å². The molecule has 0 saturated carbocycles. The summed E-state index contributed by atoms with van der Waals surface area (Å²) in [6, 6.07) is 0. The highest BCUT2D eigenvalue weighted by molar-refractivity contribution is 7.16. The normalized spacial score (nSPS) is 15.9. The van der Waals surface area contributed by atoms with Gasteiger partial charge in [-0.2, -0.15) is 13.2 Å². The SMILES string of the molecule is CCOC(=O)[C@@](NC(=O)CC)(Nc1sc2c(c1C(N)=O)CCCC2)C(F)(F)F. The van der Waals surface area contributed by atoms with Crippen LogP contribution in [0, 0.1) is 0 Å². The molecule has 7 nitrogen and oxygen atoms in total. The lowest BCUT2D eigenvalue weighted by Gasteiger charge is -2.35. The second-order valence-electron chi connectivity index (χ2n) is 6.27. The highest BCUT2D eigenvalue weighted by Crippen LogP contribution is 2.41. The van der Waals surface area contributed by atoms with Crippen LogP contribution in [0.5, 0.6) is 0 Å². The number of ether oxygens (including phenoxy) is 1. The van der Waals surface area contributed by atoms with Crippen LogP contribution in [0.1, 0.15) is 53.9 Å². The summed E-state index contributed by atoms with van der Waals surface area (Å²) in [6.07, 6.45) is -2.82. The molecule has 1 heterocycles. The topological polar surface area (TPSA) is 111 Å². The van der Waals surface area contributed by atoms with Crippen LogP contribution in [0.3, 0.4) is 0 Å². The quantitative estimate of drug-likeness (QED) is 0.463. The van der Waals surface area contributed by atoms with Crippen molar-refractivity contribution in [1.29, 1.82) is 0 Å². The lowest BCUT2D eigenvalue weighted by molar-refractivity contribution is -0.207. The lowest BCUT2D eigenvalue weighted by atomic mass is 9.95. The monoisotopic (exact) mass is 421 g/mol. The van der Waals surface area contributed by atoms with Gasteiger partial charge in [-0.3, -0.25) is 9.59 Å². The number of hydrogen-bond donors (Lipinski definition) is 3. The van der Waals surface area contributed by atoms with E-state index in [9.17, 15) is 27.6 Å². The van der Waals surface area contributed by atoms with Gasteiger partial charge in [0.2, 0.25) is 5.91 Å². The van der Waals surface area contributed by atoms with Crippen LogP contribution in [0.25, 0.3) is 0 Å². The summed E-state index contributed by atoms with van der Waals surface area (Å²) in [7, 11) is 0. The molecule has 1 aliphatic carbocycles. The summed E-state index contributed by atoms with van der Waals surface area (Å²) in [5, 5.41) is 3.57. The number of halogens is 3. The minimum atomic E-state index is -5.25. The van der Waals surface area contributed by atoms with E-state index in [0.29, 0.717) is 18.4 Å². The number of anilines is 1.